The molecule has 2 fully saturated rings. The number of carbonyl (C=O) groups is 5. The van der Waals surface area contributed by atoms with Gasteiger partial charge in [0.25, 0.3) is 5.91 Å². The molecule has 7 rings (SSSR count). The van der Waals surface area contributed by atoms with Gasteiger partial charge in [0, 0.05) is 64.8 Å². The Labute approximate surface area is 382 Å². The average Bonchev–Trinajstić information content (AvgIpc) is 3.89. The van der Waals surface area contributed by atoms with Crippen molar-refractivity contribution < 1.29 is 38.9 Å². The molecule has 65 heavy (non-hydrogen) atoms. The molecule has 0 spiro atoms. The zero-order valence-electron chi connectivity index (χ0n) is 37.2. The molecule has 0 bridgehead atoms. The lowest BCUT2D eigenvalue weighted by atomic mass is 9.85. The molecule has 3 aliphatic rings. The van der Waals surface area contributed by atoms with E-state index >= 15 is 0 Å². The molecule has 0 unspecified atom stereocenters. The first-order valence-electron chi connectivity index (χ1n) is 21.9. The summed E-state index contributed by atoms with van der Waals surface area (Å²) in [4.78, 5) is 85.0. The van der Waals surface area contributed by atoms with Crippen molar-refractivity contribution >= 4 is 46.7 Å². The third-order valence-corrected chi connectivity index (χ3v) is 12.8. The summed E-state index contributed by atoms with van der Waals surface area (Å²) < 4.78 is 5.47. The topological polar surface area (TPSA) is 232 Å². The summed E-state index contributed by atoms with van der Waals surface area (Å²) in [6.07, 6.45) is 0.582. The maximum absolute atomic E-state index is 14.0. The van der Waals surface area contributed by atoms with Crippen LogP contribution in [0.4, 0.5) is 5.82 Å². The van der Waals surface area contributed by atoms with Crippen molar-refractivity contribution in [3.8, 4) is 10.4 Å². The molecule has 4 aromatic rings. The number of anilines is 1. The van der Waals surface area contributed by atoms with Crippen LogP contribution in [0.25, 0.3) is 10.4 Å². The van der Waals surface area contributed by atoms with Crippen LogP contribution in [0.5, 0.6) is 0 Å². The zero-order chi connectivity index (χ0) is 46.3. The molecule has 4 atom stereocenters. The molecule has 5 heterocycles. The highest BCUT2D eigenvalue weighted by Gasteiger charge is 2.44. The number of hydrogen-bond acceptors (Lipinski definition) is 14. The van der Waals surface area contributed by atoms with E-state index in [4.69, 9.17) is 4.74 Å². The van der Waals surface area contributed by atoms with Gasteiger partial charge in [-0.3, -0.25) is 28.9 Å². The molecule has 5 amide bonds. The van der Waals surface area contributed by atoms with Crippen LogP contribution < -0.4 is 21.3 Å². The van der Waals surface area contributed by atoms with Gasteiger partial charge in [0.2, 0.25) is 23.6 Å². The van der Waals surface area contributed by atoms with Crippen molar-refractivity contribution in [2.24, 2.45) is 5.41 Å². The fraction of sp³-hybridized carbons (Fsp3) is 0.478. The van der Waals surface area contributed by atoms with Crippen LogP contribution in [-0.4, -0.2) is 152 Å². The van der Waals surface area contributed by atoms with Crippen LogP contribution >= 0.6 is 11.3 Å². The van der Waals surface area contributed by atoms with Gasteiger partial charge in [0.15, 0.2) is 0 Å². The minimum absolute atomic E-state index is 0.0587. The summed E-state index contributed by atoms with van der Waals surface area (Å²) in [6.45, 7) is 9.39. The van der Waals surface area contributed by atoms with E-state index in [2.05, 4.69) is 53.3 Å². The maximum atomic E-state index is 14.0. The normalized spacial score (nSPS) is 18.6. The Hall–Kier alpha value is -5.86. The minimum Gasteiger partial charge on any atom is -0.391 e. The Balaban J connectivity index is 0.810. The SMILES string of the molecule is Cc1ncsc1-c1ccc(CNC(=O)[C@@H]2C[C@@H](O)CN2C(=O)[C@@H](NC(=O)COCC(=O)N2CC(Nc3cc(C(=O)NC[C@H](O)CN4CCc5ccccc5C4)ncn3)C2)C(C)(C)C)cc1. The molecular formula is C46H58N10O8S. The lowest BCUT2D eigenvalue weighted by Crippen LogP contribution is -2.58. The molecule has 6 N–H and O–H groups in total. The molecule has 3 aliphatic heterocycles. The van der Waals surface area contributed by atoms with Gasteiger partial charge in [-0.15, -0.1) is 11.3 Å². The third kappa shape index (κ3) is 12.3. The van der Waals surface area contributed by atoms with Crippen LogP contribution in [-0.2, 0) is 43.4 Å². The zero-order valence-corrected chi connectivity index (χ0v) is 38.0. The monoisotopic (exact) mass is 910 g/mol. The highest BCUT2D eigenvalue weighted by Crippen LogP contribution is 2.29. The number of amides is 5. The molecule has 18 nitrogen and oxygen atoms in total. The van der Waals surface area contributed by atoms with Crippen LogP contribution in [0.15, 0.2) is 66.4 Å². The fourth-order valence-electron chi connectivity index (χ4n) is 8.22. The molecule has 2 saturated heterocycles. The second-order valence-electron chi connectivity index (χ2n) is 18.0. The second-order valence-corrected chi connectivity index (χ2v) is 18.8. The second kappa shape index (κ2) is 21.0. The van der Waals surface area contributed by atoms with Crippen molar-refractivity contribution in [3.63, 3.8) is 0 Å². The van der Waals surface area contributed by atoms with E-state index in [0.29, 0.717) is 25.5 Å². The van der Waals surface area contributed by atoms with E-state index in [1.165, 1.54) is 28.4 Å². The number of aromatic nitrogens is 3. The summed E-state index contributed by atoms with van der Waals surface area (Å²) in [6, 6.07) is 15.4. The third-order valence-electron chi connectivity index (χ3n) is 11.8. The van der Waals surface area contributed by atoms with Crippen molar-refractivity contribution in [2.75, 3.05) is 57.8 Å². The Morgan fingerprint density at radius 3 is 2.43 bits per heavy atom. The van der Waals surface area contributed by atoms with Crippen LogP contribution in [0.2, 0.25) is 0 Å². The van der Waals surface area contributed by atoms with E-state index in [-0.39, 0.29) is 50.3 Å². The predicted octanol–water partition coefficient (Wildman–Crippen LogP) is 1.51. The molecule has 346 valence electrons. The minimum atomic E-state index is -1.05. The molecule has 2 aromatic carbocycles. The standard InChI is InChI=1S/C46H58N10O8S/c1-28-41(65-27-51-28)31-11-9-29(10-12-31)17-47-44(62)37-15-34(57)23-56(37)45(63)42(46(2,3)4)53-39(59)24-64-25-40(60)55-20-33(21-55)52-38-16-36(49-26-50-38)43(61)48-18-35(58)22-54-14-13-30-7-5-6-8-32(30)19-54/h5-12,16,26-27,33-35,37,42,57-58H,13-15,17-25H2,1-4H3,(H,47,62)(H,48,61)(H,53,59)(H,49,50,52)/t34-,35+,37+,42-/m1/s1. The molecule has 2 aromatic heterocycles. The van der Waals surface area contributed by atoms with E-state index in [9.17, 15) is 34.2 Å². The Bertz CT molecular complexity index is 2330. The Morgan fingerprint density at radius 2 is 1.71 bits per heavy atom. The van der Waals surface area contributed by atoms with Crippen molar-refractivity contribution in [2.45, 2.75) is 84.0 Å². The van der Waals surface area contributed by atoms with Crippen molar-refractivity contribution in [1.29, 1.82) is 0 Å². The first-order chi connectivity index (χ1) is 31.1. The molecule has 0 radical (unpaired) electrons. The molecular weight excluding hydrogens is 853 g/mol. The first kappa shape index (κ1) is 47.1. The van der Waals surface area contributed by atoms with E-state index in [0.717, 1.165) is 41.2 Å². The van der Waals surface area contributed by atoms with Gasteiger partial charge in [-0.1, -0.05) is 69.3 Å². The van der Waals surface area contributed by atoms with Gasteiger partial charge in [0.1, 0.15) is 43.1 Å². The largest absolute Gasteiger partial charge is 0.391 e. The molecule has 0 aliphatic carbocycles. The Morgan fingerprint density at radius 1 is 0.954 bits per heavy atom. The van der Waals surface area contributed by atoms with Crippen molar-refractivity contribution in [1.82, 2.24) is 45.6 Å². The number of likely N-dealkylation sites (tertiary alicyclic amines) is 2. The summed E-state index contributed by atoms with van der Waals surface area (Å²) in [5.74, 6) is -1.90. The van der Waals surface area contributed by atoms with Crippen molar-refractivity contribution in [3.05, 3.63) is 94.5 Å². The number of benzene rings is 2. The number of hydrogen-bond donors (Lipinski definition) is 6. The number of β-amino-alcohol motifs (C(OH)–C–C–N with tert-alkyl or cyclic N) is 2. The number of aryl methyl sites for hydroxylation is 1. The summed E-state index contributed by atoms with van der Waals surface area (Å²) in [5, 5.41) is 32.8. The molecule has 0 saturated carbocycles. The van der Waals surface area contributed by atoms with Gasteiger partial charge in [-0.05, 0) is 41.0 Å². The van der Waals surface area contributed by atoms with Gasteiger partial charge >= 0.3 is 0 Å². The van der Waals surface area contributed by atoms with Crippen LogP contribution in [0.3, 0.4) is 0 Å². The van der Waals surface area contributed by atoms with Crippen LogP contribution in [0.1, 0.15) is 60.1 Å². The Kier molecular flexibility index (Phi) is 15.2. The predicted molar refractivity (Wildman–Crippen MR) is 242 cm³/mol. The fourth-order valence-corrected chi connectivity index (χ4v) is 9.03. The van der Waals surface area contributed by atoms with E-state index in [1.54, 1.807) is 42.5 Å². The number of aliphatic hydroxyl groups excluding tert-OH is 2. The summed E-state index contributed by atoms with van der Waals surface area (Å²) in [7, 11) is 0. The molecule has 19 heteroatoms. The highest BCUT2D eigenvalue weighted by molar-refractivity contribution is 7.13. The maximum Gasteiger partial charge on any atom is 0.270 e. The summed E-state index contributed by atoms with van der Waals surface area (Å²) >= 11 is 1.56. The number of aliphatic hydroxyl groups is 2. The van der Waals surface area contributed by atoms with Gasteiger partial charge in [-0.2, -0.15) is 0 Å². The number of nitrogens with zero attached hydrogens (tertiary/aromatic N) is 6. The smallest absolute Gasteiger partial charge is 0.270 e. The summed E-state index contributed by atoms with van der Waals surface area (Å²) in [5.41, 5.74) is 6.59. The van der Waals surface area contributed by atoms with E-state index < -0.39 is 59.9 Å². The number of thiazole rings is 1. The highest BCUT2D eigenvalue weighted by atomic mass is 32.1. The quantitative estimate of drug-likeness (QED) is 0.0884. The van der Waals surface area contributed by atoms with Gasteiger partial charge in [-0.25, -0.2) is 15.0 Å². The number of rotatable bonds is 17. The number of nitrogens with one attached hydrogen (secondary N) is 4. The number of ether oxygens (including phenoxy) is 1. The average molecular weight is 911 g/mol. The number of carbonyl (C=O) groups excluding carboxylic acids is 5. The van der Waals surface area contributed by atoms with Gasteiger partial charge in [0.05, 0.1) is 34.3 Å². The van der Waals surface area contributed by atoms with E-state index in [1.807, 2.05) is 43.3 Å². The first-order valence-corrected chi connectivity index (χ1v) is 22.7. The lowest BCUT2D eigenvalue weighted by Gasteiger charge is -2.39. The number of fused-ring (bicyclic) bond motifs is 1. The van der Waals surface area contributed by atoms with Gasteiger partial charge < -0.3 is 46.0 Å². The van der Waals surface area contributed by atoms with Crippen LogP contribution in [0, 0.1) is 12.3 Å². The lowest BCUT2D eigenvalue weighted by molar-refractivity contribution is -0.146.